The van der Waals surface area contributed by atoms with Crippen LogP contribution in [0.3, 0.4) is 0 Å². The highest BCUT2D eigenvalue weighted by atomic mass is 32.2. The summed E-state index contributed by atoms with van der Waals surface area (Å²) in [6.45, 7) is 2.47. The van der Waals surface area contributed by atoms with Crippen LogP contribution in [0.25, 0.3) is 0 Å². The molecule has 0 bridgehead atoms. The van der Waals surface area contributed by atoms with Gasteiger partial charge in [-0.05, 0) is 31.7 Å². The van der Waals surface area contributed by atoms with Crippen molar-refractivity contribution in [3.63, 3.8) is 0 Å². The second-order valence-corrected chi connectivity index (χ2v) is 7.41. The van der Waals surface area contributed by atoms with Gasteiger partial charge < -0.3 is 15.4 Å². The van der Waals surface area contributed by atoms with Crippen LogP contribution in [0.5, 0.6) is 5.75 Å². The molecule has 2 unspecified atom stereocenters. The highest BCUT2D eigenvalue weighted by Crippen LogP contribution is 2.20. The molecule has 6 heteroatoms. The zero-order valence-corrected chi connectivity index (χ0v) is 13.4. The minimum atomic E-state index is -2.95. The van der Waals surface area contributed by atoms with Gasteiger partial charge in [-0.1, -0.05) is 12.1 Å². The molecule has 114 valence electrons. The van der Waals surface area contributed by atoms with Gasteiger partial charge in [-0.25, -0.2) is 8.42 Å². The first-order valence-corrected chi connectivity index (χ1v) is 8.58. The van der Waals surface area contributed by atoms with E-state index in [1.807, 2.05) is 43.1 Å². The Labute approximate surface area is 121 Å². The molecule has 2 atom stereocenters. The van der Waals surface area contributed by atoms with E-state index in [1.54, 1.807) is 7.11 Å². The van der Waals surface area contributed by atoms with Crippen molar-refractivity contribution in [1.82, 2.24) is 4.90 Å². The molecule has 0 heterocycles. The van der Waals surface area contributed by atoms with Crippen molar-refractivity contribution in [1.29, 1.82) is 0 Å². The molecular formula is C14H24N2O3S. The average Bonchev–Trinajstić information content (AvgIpc) is 2.42. The largest absolute Gasteiger partial charge is 0.497 e. The van der Waals surface area contributed by atoms with Crippen LogP contribution in [0.1, 0.15) is 18.5 Å². The van der Waals surface area contributed by atoms with Crippen molar-refractivity contribution >= 4 is 9.84 Å². The maximum atomic E-state index is 11.2. The number of nitrogens with two attached hydrogens (primary N) is 1. The third-order valence-corrected chi connectivity index (χ3v) is 4.45. The first kappa shape index (κ1) is 16.9. The number of hydrogen-bond acceptors (Lipinski definition) is 5. The summed E-state index contributed by atoms with van der Waals surface area (Å²) in [4.78, 5) is 1.97. The standard InChI is InChI=1S/C14H24N2O3S/c1-11(16(2)9-10-20(4,17)18)14(15)12-5-7-13(19-3)8-6-12/h5-8,11,14H,9-10,15H2,1-4H3. The van der Waals surface area contributed by atoms with E-state index >= 15 is 0 Å². The number of ether oxygens (including phenoxy) is 1. The van der Waals surface area contributed by atoms with E-state index in [4.69, 9.17) is 10.5 Å². The van der Waals surface area contributed by atoms with E-state index in [1.165, 1.54) is 6.26 Å². The number of likely N-dealkylation sites (N-methyl/N-ethyl adjacent to an activating group) is 1. The van der Waals surface area contributed by atoms with Crippen LogP contribution in [0, 0.1) is 0 Å². The summed E-state index contributed by atoms with van der Waals surface area (Å²) >= 11 is 0. The van der Waals surface area contributed by atoms with E-state index in [0.29, 0.717) is 6.54 Å². The van der Waals surface area contributed by atoms with Crippen LogP contribution < -0.4 is 10.5 Å². The van der Waals surface area contributed by atoms with Crippen molar-refractivity contribution in [2.24, 2.45) is 5.73 Å². The Bertz CT molecular complexity index is 514. The molecule has 0 fully saturated rings. The zero-order chi connectivity index (χ0) is 15.3. The molecule has 1 aromatic rings. The van der Waals surface area contributed by atoms with E-state index in [2.05, 4.69) is 0 Å². The van der Waals surface area contributed by atoms with Crippen molar-refractivity contribution in [3.8, 4) is 5.75 Å². The number of hydrogen-bond donors (Lipinski definition) is 1. The van der Waals surface area contributed by atoms with Crippen molar-refractivity contribution in [2.75, 3.05) is 32.7 Å². The summed E-state index contributed by atoms with van der Waals surface area (Å²) in [6.07, 6.45) is 1.24. The van der Waals surface area contributed by atoms with Gasteiger partial charge >= 0.3 is 0 Å². The summed E-state index contributed by atoms with van der Waals surface area (Å²) in [7, 11) is 0.559. The lowest BCUT2D eigenvalue weighted by Gasteiger charge is -2.29. The molecule has 0 saturated heterocycles. The van der Waals surface area contributed by atoms with Crippen molar-refractivity contribution < 1.29 is 13.2 Å². The molecule has 0 radical (unpaired) electrons. The number of rotatable bonds is 7. The average molecular weight is 300 g/mol. The van der Waals surface area contributed by atoms with Crippen LogP contribution in [0.2, 0.25) is 0 Å². The van der Waals surface area contributed by atoms with Gasteiger partial charge in [0.05, 0.1) is 12.9 Å². The predicted molar refractivity (Wildman–Crippen MR) is 81.7 cm³/mol. The Hall–Kier alpha value is -1.11. The van der Waals surface area contributed by atoms with Crippen LogP contribution in [0.4, 0.5) is 0 Å². The topological polar surface area (TPSA) is 72.6 Å². The first-order chi connectivity index (χ1) is 9.24. The molecule has 1 rings (SSSR count). The van der Waals surface area contributed by atoms with Gasteiger partial charge in [0.2, 0.25) is 0 Å². The number of sulfone groups is 1. The SMILES string of the molecule is COc1ccc(C(N)C(C)N(C)CCS(C)(=O)=O)cc1. The van der Waals surface area contributed by atoms with Crippen LogP contribution in [0.15, 0.2) is 24.3 Å². The second kappa shape index (κ2) is 7.06. The van der Waals surface area contributed by atoms with Crippen LogP contribution >= 0.6 is 0 Å². The first-order valence-electron chi connectivity index (χ1n) is 6.52. The Morgan fingerprint density at radius 3 is 2.30 bits per heavy atom. The molecule has 0 aliphatic carbocycles. The van der Waals surface area contributed by atoms with Gasteiger partial charge in [0.1, 0.15) is 15.6 Å². The summed E-state index contributed by atoms with van der Waals surface area (Å²) < 4.78 is 27.5. The van der Waals surface area contributed by atoms with Crippen molar-refractivity contribution in [2.45, 2.75) is 19.0 Å². The highest BCUT2D eigenvalue weighted by molar-refractivity contribution is 7.90. The molecule has 0 amide bonds. The normalized spacial score (nSPS) is 15.1. The fourth-order valence-corrected chi connectivity index (χ4v) is 2.51. The Kier molecular flexibility index (Phi) is 5.98. The molecule has 0 aliphatic heterocycles. The lowest BCUT2D eigenvalue weighted by Crippen LogP contribution is -2.40. The molecule has 2 N–H and O–H groups in total. The lowest BCUT2D eigenvalue weighted by atomic mass is 10.0. The minimum Gasteiger partial charge on any atom is -0.497 e. The summed E-state index contributed by atoms with van der Waals surface area (Å²) in [5, 5.41) is 0. The summed E-state index contributed by atoms with van der Waals surface area (Å²) in [6, 6.07) is 7.49. The minimum absolute atomic E-state index is 0.0464. The third-order valence-electron chi connectivity index (χ3n) is 3.53. The second-order valence-electron chi connectivity index (χ2n) is 5.15. The van der Waals surface area contributed by atoms with Crippen LogP contribution in [-0.4, -0.2) is 52.1 Å². The maximum absolute atomic E-state index is 11.2. The number of methoxy groups -OCH3 is 1. The van der Waals surface area contributed by atoms with Gasteiger partial charge in [0.25, 0.3) is 0 Å². The van der Waals surface area contributed by atoms with Gasteiger partial charge in [-0.2, -0.15) is 0 Å². The van der Waals surface area contributed by atoms with Gasteiger partial charge in [-0.15, -0.1) is 0 Å². The molecule has 20 heavy (non-hydrogen) atoms. The number of benzene rings is 1. The van der Waals surface area contributed by atoms with Crippen LogP contribution in [-0.2, 0) is 9.84 Å². The monoisotopic (exact) mass is 300 g/mol. The molecule has 1 aromatic carbocycles. The van der Waals surface area contributed by atoms with Crippen molar-refractivity contribution in [3.05, 3.63) is 29.8 Å². The van der Waals surface area contributed by atoms with E-state index in [-0.39, 0.29) is 17.8 Å². The molecule has 5 nitrogen and oxygen atoms in total. The van der Waals surface area contributed by atoms with Gasteiger partial charge in [0, 0.05) is 24.9 Å². The summed E-state index contributed by atoms with van der Waals surface area (Å²) in [5.74, 6) is 0.933. The fraction of sp³-hybridized carbons (Fsp3) is 0.571. The predicted octanol–water partition coefficient (Wildman–Crippen LogP) is 1.06. The Balaban J connectivity index is 2.67. The molecule has 0 aliphatic rings. The van der Waals surface area contributed by atoms with Gasteiger partial charge in [-0.3, -0.25) is 0 Å². The summed E-state index contributed by atoms with van der Waals surface area (Å²) in [5.41, 5.74) is 7.24. The molecule has 0 saturated carbocycles. The van der Waals surface area contributed by atoms with E-state index < -0.39 is 9.84 Å². The molecule has 0 spiro atoms. The maximum Gasteiger partial charge on any atom is 0.148 e. The Morgan fingerprint density at radius 2 is 1.85 bits per heavy atom. The smallest absolute Gasteiger partial charge is 0.148 e. The molecular weight excluding hydrogens is 276 g/mol. The molecule has 0 aromatic heterocycles. The van der Waals surface area contributed by atoms with Gasteiger partial charge in [0.15, 0.2) is 0 Å². The quantitative estimate of drug-likeness (QED) is 0.815. The Morgan fingerprint density at radius 1 is 1.30 bits per heavy atom. The van der Waals surface area contributed by atoms with E-state index in [9.17, 15) is 8.42 Å². The third kappa shape index (κ3) is 5.11. The highest BCUT2D eigenvalue weighted by Gasteiger charge is 2.20. The van der Waals surface area contributed by atoms with E-state index in [0.717, 1.165) is 11.3 Å². The lowest BCUT2D eigenvalue weighted by molar-refractivity contribution is 0.239. The fourth-order valence-electron chi connectivity index (χ4n) is 1.89. The zero-order valence-electron chi connectivity index (χ0n) is 12.5. The number of nitrogens with zero attached hydrogens (tertiary/aromatic N) is 1.